The average Bonchev–Trinajstić information content (AvgIpc) is 2.96. The summed E-state index contributed by atoms with van der Waals surface area (Å²) in [7, 11) is 0. The summed E-state index contributed by atoms with van der Waals surface area (Å²) in [4.78, 5) is 38.0. The van der Waals surface area contributed by atoms with Crippen molar-refractivity contribution in [3.8, 4) is 17.2 Å². The van der Waals surface area contributed by atoms with Gasteiger partial charge in [-0.1, -0.05) is 46.4 Å². The van der Waals surface area contributed by atoms with Crippen molar-refractivity contribution >= 4 is 70.5 Å². The molecule has 0 aliphatic carbocycles. The number of benzene rings is 4. The lowest BCUT2D eigenvalue weighted by Gasteiger charge is -2.14. The second-order valence-corrected chi connectivity index (χ2v) is 10.3. The van der Waals surface area contributed by atoms with Crippen LogP contribution in [0.2, 0.25) is 20.1 Å². The third kappa shape index (κ3) is 8.47. The lowest BCUT2D eigenvalue weighted by molar-refractivity contribution is -0.127. The highest BCUT2D eigenvalue weighted by Crippen LogP contribution is 2.29. The van der Waals surface area contributed by atoms with Crippen LogP contribution in [-0.2, 0) is 4.79 Å². The largest absolute Gasteiger partial charge is 0.479 e. The molecule has 214 valence electrons. The number of halogens is 4. The van der Waals surface area contributed by atoms with Crippen LogP contribution in [-0.4, -0.2) is 30.2 Å². The first-order chi connectivity index (χ1) is 20.1. The minimum absolute atomic E-state index is 0.00611. The van der Waals surface area contributed by atoms with Gasteiger partial charge in [0.25, 0.3) is 5.91 Å². The Hall–Kier alpha value is -4.08. The SMILES string of the molecule is CC(Oc1ccc(Cl)cc1Cl)C(=O)N/N=C/c1ccc(OC(=O)c2ccc(Cl)cc2)cc1OC(=O)c1ccc(Cl)cc1. The summed E-state index contributed by atoms with van der Waals surface area (Å²) in [6.45, 7) is 1.51. The van der Waals surface area contributed by atoms with Crippen molar-refractivity contribution in [2.45, 2.75) is 13.0 Å². The van der Waals surface area contributed by atoms with Gasteiger partial charge in [0.05, 0.1) is 22.4 Å². The van der Waals surface area contributed by atoms with Crippen LogP contribution in [0.4, 0.5) is 0 Å². The highest BCUT2D eigenvalue weighted by atomic mass is 35.5. The zero-order valence-electron chi connectivity index (χ0n) is 21.6. The van der Waals surface area contributed by atoms with Crippen LogP contribution in [0.15, 0.2) is 90.0 Å². The Morgan fingerprint density at radius 1 is 0.714 bits per heavy atom. The number of ether oxygens (including phenoxy) is 3. The Bertz CT molecular complexity index is 1640. The molecular weight excluding hydrogens is 626 g/mol. The summed E-state index contributed by atoms with van der Waals surface area (Å²) in [5.74, 6) is -1.56. The maximum absolute atomic E-state index is 12.8. The molecule has 0 radical (unpaired) electrons. The molecule has 1 unspecified atom stereocenters. The fourth-order valence-electron chi connectivity index (χ4n) is 3.34. The lowest BCUT2D eigenvalue weighted by Crippen LogP contribution is -2.33. The molecule has 0 aromatic heterocycles. The zero-order valence-corrected chi connectivity index (χ0v) is 24.7. The predicted octanol–water partition coefficient (Wildman–Crippen LogP) is 7.66. The number of carbonyl (C=O) groups is 3. The number of carbonyl (C=O) groups excluding carboxylic acids is 3. The van der Waals surface area contributed by atoms with E-state index in [0.29, 0.717) is 20.6 Å². The fraction of sp³-hybridized carbons (Fsp3) is 0.0667. The van der Waals surface area contributed by atoms with Crippen molar-refractivity contribution in [1.82, 2.24) is 5.43 Å². The molecule has 1 atom stereocenters. The van der Waals surface area contributed by atoms with Gasteiger partial charge in [-0.15, -0.1) is 0 Å². The van der Waals surface area contributed by atoms with Gasteiger partial charge < -0.3 is 14.2 Å². The molecule has 4 aromatic carbocycles. The standard InChI is InChI=1S/C30H20Cl4N2O6/c1-17(40-26-13-11-23(33)14-25(26)34)28(37)36-35-16-20-6-12-24(41-29(38)18-2-7-21(31)8-3-18)15-27(20)42-30(39)19-4-9-22(32)10-5-19/h2-17H,1H3,(H,36,37)/b35-16+. The quantitative estimate of drug-likeness (QED) is 0.0868. The Morgan fingerprint density at radius 3 is 1.88 bits per heavy atom. The van der Waals surface area contributed by atoms with E-state index in [-0.39, 0.29) is 33.4 Å². The van der Waals surface area contributed by atoms with Crippen molar-refractivity contribution in [1.29, 1.82) is 0 Å². The fourth-order valence-corrected chi connectivity index (χ4v) is 4.05. The second-order valence-electron chi connectivity index (χ2n) is 8.56. The van der Waals surface area contributed by atoms with Gasteiger partial charge in [0, 0.05) is 26.7 Å². The van der Waals surface area contributed by atoms with Crippen LogP contribution >= 0.6 is 46.4 Å². The zero-order chi connectivity index (χ0) is 30.2. The summed E-state index contributed by atoms with van der Waals surface area (Å²) < 4.78 is 16.6. The number of hydrogen-bond donors (Lipinski definition) is 1. The Labute approximate surface area is 260 Å². The maximum Gasteiger partial charge on any atom is 0.343 e. The van der Waals surface area contributed by atoms with Crippen molar-refractivity contribution in [3.05, 3.63) is 122 Å². The lowest BCUT2D eigenvalue weighted by atomic mass is 10.2. The number of amides is 1. The summed E-state index contributed by atoms with van der Waals surface area (Å²) in [5, 5.41) is 5.53. The van der Waals surface area contributed by atoms with Gasteiger partial charge in [-0.3, -0.25) is 4.79 Å². The molecule has 0 spiro atoms. The van der Waals surface area contributed by atoms with E-state index in [4.69, 9.17) is 60.6 Å². The highest BCUT2D eigenvalue weighted by molar-refractivity contribution is 6.35. The van der Waals surface area contributed by atoms with E-state index in [2.05, 4.69) is 10.5 Å². The van der Waals surface area contributed by atoms with Crippen LogP contribution in [0.5, 0.6) is 17.2 Å². The summed E-state index contributed by atoms with van der Waals surface area (Å²) in [6, 6.07) is 21.2. The van der Waals surface area contributed by atoms with Gasteiger partial charge in [0.15, 0.2) is 6.10 Å². The molecule has 4 rings (SSSR count). The number of hydrogen-bond acceptors (Lipinski definition) is 7. The van der Waals surface area contributed by atoms with Crippen molar-refractivity contribution in [2.24, 2.45) is 5.10 Å². The number of nitrogens with zero attached hydrogens (tertiary/aromatic N) is 1. The van der Waals surface area contributed by atoms with Crippen LogP contribution < -0.4 is 19.6 Å². The van der Waals surface area contributed by atoms with Gasteiger partial charge in [-0.25, -0.2) is 15.0 Å². The maximum atomic E-state index is 12.8. The minimum atomic E-state index is -0.960. The van der Waals surface area contributed by atoms with Crippen molar-refractivity contribution < 1.29 is 28.6 Å². The second kappa shape index (κ2) is 14.2. The Morgan fingerprint density at radius 2 is 1.29 bits per heavy atom. The first kappa shape index (κ1) is 30.9. The van der Waals surface area contributed by atoms with Crippen molar-refractivity contribution in [2.75, 3.05) is 0 Å². The smallest absolute Gasteiger partial charge is 0.343 e. The first-order valence-corrected chi connectivity index (χ1v) is 13.6. The van der Waals surface area contributed by atoms with E-state index in [1.54, 1.807) is 36.4 Å². The van der Waals surface area contributed by atoms with Crippen LogP contribution in [0, 0.1) is 0 Å². The van der Waals surface area contributed by atoms with Gasteiger partial charge in [0.2, 0.25) is 0 Å². The molecule has 0 aliphatic heterocycles. The molecular formula is C30H20Cl4N2O6. The van der Waals surface area contributed by atoms with Crippen LogP contribution in [0.3, 0.4) is 0 Å². The molecule has 0 bridgehead atoms. The summed E-state index contributed by atoms with van der Waals surface area (Å²) >= 11 is 23.8. The number of rotatable bonds is 9. The molecule has 0 fully saturated rings. The van der Waals surface area contributed by atoms with Crippen LogP contribution in [0.1, 0.15) is 33.2 Å². The van der Waals surface area contributed by atoms with Gasteiger partial charge in [-0.2, -0.15) is 5.10 Å². The predicted molar refractivity (Wildman–Crippen MR) is 162 cm³/mol. The Balaban J connectivity index is 1.51. The van der Waals surface area contributed by atoms with Crippen LogP contribution in [0.25, 0.3) is 0 Å². The molecule has 1 amide bonds. The van der Waals surface area contributed by atoms with Gasteiger partial charge >= 0.3 is 11.9 Å². The van der Waals surface area contributed by atoms with E-state index in [1.165, 1.54) is 61.7 Å². The number of hydrazone groups is 1. The molecule has 42 heavy (non-hydrogen) atoms. The van der Waals surface area contributed by atoms with E-state index >= 15 is 0 Å². The molecule has 0 saturated heterocycles. The molecule has 1 N–H and O–H groups in total. The highest BCUT2D eigenvalue weighted by Gasteiger charge is 2.17. The molecule has 12 heteroatoms. The third-order valence-corrected chi connectivity index (χ3v) is 6.54. The van der Waals surface area contributed by atoms with Gasteiger partial charge in [-0.05, 0) is 85.8 Å². The molecule has 0 aliphatic rings. The van der Waals surface area contributed by atoms with E-state index in [9.17, 15) is 14.4 Å². The molecule has 8 nitrogen and oxygen atoms in total. The van der Waals surface area contributed by atoms with E-state index in [1.807, 2.05) is 0 Å². The average molecular weight is 646 g/mol. The normalized spacial score (nSPS) is 11.5. The molecule has 4 aromatic rings. The van der Waals surface area contributed by atoms with Crippen molar-refractivity contribution in [3.63, 3.8) is 0 Å². The third-order valence-electron chi connectivity index (χ3n) is 5.50. The minimum Gasteiger partial charge on any atom is -0.479 e. The Kier molecular flexibility index (Phi) is 10.4. The first-order valence-electron chi connectivity index (χ1n) is 12.1. The monoisotopic (exact) mass is 644 g/mol. The summed E-state index contributed by atoms with van der Waals surface area (Å²) in [6.07, 6.45) is 0.299. The number of nitrogens with one attached hydrogen (secondary N) is 1. The molecule has 0 heterocycles. The van der Waals surface area contributed by atoms with E-state index < -0.39 is 23.9 Å². The topological polar surface area (TPSA) is 103 Å². The summed E-state index contributed by atoms with van der Waals surface area (Å²) in [5.41, 5.74) is 3.14. The number of esters is 2. The van der Waals surface area contributed by atoms with E-state index in [0.717, 1.165) is 0 Å². The van der Waals surface area contributed by atoms with Gasteiger partial charge in [0.1, 0.15) is 17.2 Å². The molecule has 0 saturated carbocycles.